The molecule has 0 amide bonds. The van der Waals surface area contributed by atoms with E-state index in [9.17, 15) is 8.78 Å². The summed E-state index contributed by atoms with van der Waals surface area (Å²) in [5, 5.41) is 0. The number of rotatable bonds is 3. The van der Waals surface area contributed by atoms with Gasteiger partial charge in [-0.05, 0) is 36.4 Å². The normalized spacial score (nSPS) is 10.3. The highest BCUT2D eigenvalue weighted by Gasteiger charge is 2.11. The molecule has 0 aliphatic rings. The molecule has 2 aromatic rings. The first-order chi connectivity index (χ1) is 8.97. The first-order valence-electron chi connectivity index (χ1n) is 5.19. The number of halogens is 3. The molecular formula is C13H8BrF2NOS. The number of hydrogen-bond donors (Lipinski definition) is 1. The molecule has 0 fully saturated rings. The molecule has 0 aliphatic heterocycles. The minimum atomic E-state index is -0.549. The van der Waals surface area contributed by atoms with Crippen LogP contribution in [0.15, 0.2) is 40.9 Å². The lowest BCUT2D eigenvalue weighted by Crippen LogP contribution is -2.11. The molecule has 0 saturated heterocycles. The summed E-state index contributed by atoms with van der Waals surface area (Å²) in [6.45, 7) is 0. The van der Waals surface area contributed by atoms with Gasteiger partial charge in [-0.3, -0.25) is 0 Å². The van der Waals surface area contributed by atoms with Crippen LogP contribution in [0, 0.1) is 11.6 Å². The van der Waals surface area contributed by atoms with Gasteiger partial charge in [0, 0.05) is 4.47 Å². The van der Waals surface area contributed by atoms with Gasteiger partial charge in [0.15, 0.2) is 11.6 Å². The fourth-order valence-electron chi connectivity index (χ4n) is 1.46. The van der Waals surface area contributed by atoms with Crippen molar-refractivity contribution in [3.05, 3.63) is 58.1 Å². The molecule has 2 rings (SSSR count). The third-order valence-corrected chi connectivity index (χ3v) is 3.03. The molecule has 6 heteroatoms. The van der Waals surface area contributed by atoms with Gasteiger partial charge >= 0.3 is 0 Å². The lowest BCUT2D eigenvalue weighted by molar-refractivity contribution is 0.440. The van der Waals surface area contributed by atoms with E-state index in [-0.39, 0.29) is 22.1 Å². The number of hydrogen-bond acceptors (Lipinski definition) is 2. The summed E-state index contributed by atoms with van der Waals surface area (Å²) in [6, 6.07) is 8.03. The summed E-state index contributed by atoms with van der Waals surface area (Å²) in [6.07, 6.45) is 0. The Hall–Kier alpha value is -1.53. The third kappa shape index (κ3) is 3.27. The second-order valence-electron chi connectivity index (χ2n) is 3.68. The van der Waals surface area contributed by atoms with Crippen LogP contribution < -0.4 is 10.5 Å². The van der Waals surface area contributed by atoms with Gasteiger partial charge < -0.3 is 10.5 Å². The largest absolute Gasteiger partial charge is 0.454 e. The van der Waals surface area contributed by atoms with Crippen LogP contribution in [0.5, 0.6) is 11.5 Å². The van der Waals surface area contributed by atoms with Crippen molar-refractivity contribution in [2.45, 2.75) is 0 Å². The monoisotopic (exact) mass is 343 g/mol. The molecule has 0 unspecified atom stereocenters. The van der Waals surface area contributed by atoms with Crippen LogP contribution in [0.4, 0.5) is 8.78 Å². The van der Waals surface area contributed by atoms with Crippen molar-refractivity contribution in [1.29, 1.82) is 0 Å². The van der Waals surface area contributed by atoms with Crippen molar-refractivity contribution in [3.63, 3.8) is 0 Å². The van der Waals surface area contributed by atoms with Crippen molar-refractivity contribution in [2.75, 3.05) is 0 Å². The van der Waals surface area contributed by atoms with Crippen LogP contribution in [0.2, 0.25) is 0 Å². The Labute approximate surface area is 122 Å². The summed E-state index contributed by atoms with van der Waals surface area (Å²) >= 11 is 7.95. The summed E-state index contributed by atoms with van der Waals surface area (Å²) in [4.78, 5) is -0.0213. The molecule has 0 spiro atoms. The molecule has 0 bridgehead atoms. The summed E-state index contributed by atoms with van der Waals surface area (Å²) < 4.78 is 32.8. The highest BCUT2D eigenvalue weighted by Crippen LogP contribution is 2.29. The second kappa shape index (κ2) is 5.63. The highest BCUT2D eigenvalue weighted by atomic mass is 79.9. The third-order valence-electron chi connectivity index (χ3n) is 2.32. The molecule has 0 atom stereocenters. The van der Waals surface area contributed by atoms with E-state index in [0.29, 0.717) is 4.47 Å². The number of ether oxygens (including phenoxy) is 1. The average molecular weight is 344 g/mol. The Kier molecular flexibility index (Phi) is 4.11. The molecule has 0 radical (unpaired) electrons. The van der Waals surface area contributed by atoms with Gasteiger partial charge in [0.25, 0.3) is 0 Å². The summed E-state index contributed by atoms with van der Waals surface area (Å²) in [7, 11) is 0. The standard InChI is InChI=1S/C13H8BrF2NOS/c14-7-1-3-12(10(16)5-7)18-11-4-2-8(15)6-9(11)13(17)19/h1-6H,(H2,17,19). The van der Waals surface area contributed by atoms with Crippen molar-refractivity contribution in [1.82, 2.24) is 0 Å². The van der Waals surface area contributed by atoms with Gasteiger partial charge in [0.05, 0.1) is 5.56 Å². The van der Waals surface area contributed by atoms with Gasteiger partial charge in [-0.25, -0.2) is 8.78 Å². The van der Waals surface area contributed by atoms with Crippen molar-refractivity contribution < 1.29 is 13.5 Å². The molecule has 19 heavy (non-hydrogen) atoms. The maximum atomic E-state index is 13.7. The van der Waals surface area contributed by atoms with Crippen molar-refractivity contribution in [3.8, 4) is 11.5 Å². The molecule has 2 N–H and O–H groups in total. The number of thiocarbonyl (C=S) groups is 1. The highest BCUT2D eigenvalue weighted by molar-refractivity contribution is 9.10. The van der Waals surface area contributed by atoms with Crippen molar-refractivity contribution >= 4 is 33.1 Å². The number of nitrogens with two attached hydrogens (primary N) is 1. The molecule has 0 saturated carbocycles. The van der Waals surface area contributed by atoms with Gasteiger partial charge in [-0.1, -0.05) is 28.1 Å². The maximum Gasteiger partial charge on any atom is 0.166 e. The maximum absolute atomic E-state index is 13.7. The molecule has 0 aromatic heterocycles. The van der Waals surface area contributed by atoms with Gasteiger partial charge in [0.1, 0.15) is 16.6 Å². The fraction of sp³-hybridized carbons (Fsp3) is 0. The van der Waals surface area contributed by atoms with Crippen LogP contribution in [0.1, 0.15) is 5.56 Å². The Bertz CT molecular complexity index is 649. The Morgan fingerprint density at radius 1 is 1.11 bits per heavy atom. The molecule has 98 valence electrons. The number of benzene rings is 2. The first-order valence-corrected chi connectivity index (χ1v) is 6.40. The topological polar surface area (TPSA) is 35.2 Å². The van der Waals surface area contributed by atoms with E-state index in [4.69, 9.17) is 22.7 Å². The molecule has 2 aromatic carbocycles. The predicted molar refractivity (Wildman–Crippen MR) is 76.5 cm³/mol. The van der Waals surface area contributed by atoms with E-state index in [1.807, 2.05) is 0 Å². The minimum Gasteiger partial charge on any atom is -0.454 e. The summed E-state index contributed by atoms with van der Waals surface area (Å²) in [5.74, 6) is -0.832. The van der Waals surface area contributed by atoms with Gasteiger partial charge in [-0.15, -0.1) is 0 Å². The average Bonchev–Trinajstić information content (AvgIpc) is 2.34. The van der Waals surface area contributed by atoms with E-state index < -0.39 is 11.6 Å². The molecular weight excluding hydrogens is 336 g/mol. The Morgan fingerprint density at radius 2 is 1.79 bits per heavy atom. The van der Waals surface area contributed by atoms with Gasteiger partial charge in [-0.2, -0.15) is 0 Å². The van der Waals surface area contributed by atoms with Crippen LogP contribution in [-0.2, 0) is 0 Å². The van der Waals surface area contributed by atoms with Crippen molar-refractivity contribution in [2.24, 2.45) is 5.73 Å². The zero-order valence-electron chi connectivity index (χ0n) is 9.49. The van der Waals surface area contributed by atoms with E-state index in [1.165, 1.54) is 24.3 Å². The Balaban J connectivity index is 2.40. The zero-order chi connectivity index (χ0) is 14.0. The van der Waals surface area contributed by atoms with E-state index >= 15 is 0 Å². The molecule has 0 heterocycles. The van der Waals surface area contributed by atoms with Crippen LogP contribution in [-0.4, -0.2) is 4.99 Å². The lowest BCUT2D eigenvalue weighted by atomic mass is 10.2. The predicted octanol–water partition coefficient (Wildman–Crippen LogP) is 4.15. The van der Waals surface area contributed by atoms with Crippen LogP contribution in [0.25, 0.3) is 0 Å². The smallest absolute Gasteiger partial charge is 0.166 e. The summed E-state index contributed by atoms with van der Waals surface area (Å²) in [5.41, 5.74) is 5.70. The fourth-order valence-corrected chi connectivity index (χ4v) is 1.95. The van der Waals surface area contributed by atoms with Crippen LogP contribution in [0.3, 0.4) is 0 Å². The molecule has 2 nitrogen and oxygen atoms in total. The zero-order valence-corrected chi connectivity index (χ0v) is 11.9. The van der Waals surface area contributed by atoms with Crippen LogP contribution >= 0.6 is 28.1 Å². The van der Waals surface area contributed by atoms with E-state index in [0.717, 1.165) is 6.07 Å². The second-order valence-corrected chi connectivity index (χ2v) is 5.04. The van der Waals surface area contributed by atoms with Gasteiger partial charge in [0.2, 0.25) is 0 Å². The van der Waals surface area contributed by atoms with E-state index in [2.05, 4.69) is 15.9 Å². The lowest BCUT2D eigenvalue weighted by Gasteiger charge is -2.11. The molecule has 0 aliphatic carbocycles. The SMILES string of the molecule is NC(=S)c1cc(F)ccc1Oc1ccc(Br)cc1F. The minimum absolute atomic E-state index is 0.00677. The van der Waals surface area contributed by atoms with E-state index in [1.54, 1.807) is 6.07 Å². The quantitative estimate of drug-likeness (QED) is 0.850. The first kappa shape index (κ1) is 13.9. The Morgan fingerprint density at radius 3 is 2.42 bits per heavy atom.